The molecule has 5 rings (SSSR count). The van der Waals surface area contributed by atoms with Gasteiger partial charge >= 0.3 is 11.9 Å². The van der Waals surface area contributed by atoms with Crippen LogP contribution in [0.15, 0.2) is 46.6 Å². The van der Waals surface area contributed by atoms with Gasteiger partial charge in [-0.15, -0.1) is 0 Å². The molecule has 0 bridgehead atoms. The number of carbonyl (C=O) groups excluding carboxylic acids is 4. The number of amidine groups is 1. The number of halogens is 2. The van der Waals surface area contributed by atoms with Gasteiger partial charge in [-0.2, -0.15) is 0 Å². The molecule has 12 nitrogen and oxygen atoms in total. The zero-order valence-electron chi connectivity index (χ0n) is 27.2. The number of hydrogen-bond donors (Lipinski definition) is 2. The number of aromatic nitrogens is 1. The highest BCUT2D eigenvalue weighted by molar-refractivity contribution is 6.34. The molecule has 3 heterocycles. The van der Waals surface area contributed by atoms with Crippen LogP contribution in [0.2, 0.25) is 5.02 Å². The Balaban J connectivity index is 0.000000237. The van der Waals surface area contributed by atoms with E-state index in [4.69, 9.17) is 26.2 Å². The minimum Gasteiger partial charge on any atom is -0.480 e. The number of carboxylic acids is 1. The van der Waals surface area contributed by atoms with Crippen molar-refractivity contribution in [1.29, 1.82) is 0 Å². The van der Waals surface area contributed by atoms with Gasteiger partial charge in [0.25, 0.3) is 17.7 Å². The molecule has 2 aliphatic heterocycles. The maximum atomic E-state index is 14.5. The number of benzene rings is 1. The van der Waals surface area contributed by atoms with Crippen molar-refractivity contribution >= 4 is 52.8 Å². The van der Waals surface area contributed by atoms with Crippen LogP contribution in [-0.2, 0) is 23.9 Å². The van der Waals surface area contributed by atoms with E-state index in [0.717, 1.165) is 43.1 Å². The van der Waals surface area contributed by atoms with Crippen molar-refractivity contribution < 1.29 is 42.9 Å². The Hall–Kier alpha value is -4.65. The Bertz CT molecular complexity index is 1660. The molecule has 0 saturated carbocycles. The van der Waals surface area contributed by atoms with Gasteiger partial charge in [-0.3, -0.25) is 19.4 Å². The van der Waals surface area contributed by atoms with Crippen LogP contribution in [-0.4, -0.2) is 64.3 Å². The third-order valence-corrected chi connectivity index (χ3v) is 8.71. The number of carbonyl (C=O) groups is 5. The van der Waals surface area contributed by atoms with E-state index in [1.807, 2.05) is 20.8 Å². The fourth-order valence-corrected chi connectivity index (χ4v) is 5.50. The quantitative estimate of drug-likeness (QED) is 0.179. The summed E-state index contributed by atoms with van der Waals surface area (Å²) < 4.78 is 25.0. The average molecular weight is 685 g/mol. The zero-order chi connectivity index (χ0) is 35.2. The highest BCUT2D eigenvalue weighted by Crippen LogP contribution is 2.39. The van der Waals surface area contributed by atoms with Gasteiger partial charge in [-0.1, -0.05) is 45.2 Å². The predicted molar refractivity (Wildman–Crippen MR) is 174 cm³/mol. The molecule has 1 aromatic carbocycles. The second-order valence-corrected chi connectivity index (χ2v) is 12.4. The summed E-state index contributed by atoms with van der Waals surface area (Å²) in [5, 5.41) is 11.7. The highest BCUT2D eigenvalue weighted by Gasteiger charge is 2.43. The van der Waals surface area contributed by atoms with Crippen LogP contribution in [0.1, 0.15) is 88.7 Å². The number of hydrogen-bond acceptors (Lipinski definition) is 9. The third kappa shape index (κ3) is 7.73. The van der Waals surface area contributed by atoms with Gasteiger partial charge in [-0.25, -0.2) is 23.9 Å². The number of esters is 1. The average Bonchev–Trinajstić information content (AvgIpc) is 3.51. The van der Waals surface area contributed by atoms with Crippen LogP contribution in [0.25, 0.3) is 0 Å². The summed E-state index contributed by atoms with van der Waals surface area (Å²) in [6.45, 7) is 7.44. The number of imide groups is 1. The number of aliphatic imine (C=N–C) groups is 1. The van der Waals surface area contributed by atoms with E-state index < -0.39 is 41.7 Å². The maximum Gasteiger partial charge on any atom is 0.344 e. The summed E-state index contributed by atoms with van der Waals surface area (Å²) in [6, 6.07) is 5.11. The van der Waals surface area contributed by atoms with Gasteiger partial charge in [0.05, 0.1) is 22.9 Å². The smallest absolute Gasteiger partial charge is 0.344 e. The van der Waals surface area contributed by atoms with Gasteiger partial charge in [0.2, 0.25) is 0 Å². The van der Waals surface area contributed by atoms with E-state index in [0.29, 0.717) is 30.6 Å². The number of ether oxygens (including phenoxy) is 2. The first kappa shape index (κ1) is 36.2. The summed E-state index contributed by atoms with van der Waals surface area (Å²) in [6.07, 6.45) is 6.87. The van der Waals surface area contributed by atoms with Crippen LogP contribution in [0.5, 0.6) is 5.75 Å². The zero-order valence-corrected chi connectivity index (χ0v) is 28.0. The first-order valence-electron chi connectivity index (χ1n) is 15.8. The molecule has 1 aromatic heterocycles. The molecular weight excluding hydrogens is 647 g/mol. The molecule has 3 aliphatic rings. The molecule has 1 aliphatic carbocycles. The van der Waals surface area contributed by atoms with E-state index in [9.17, 15) is 28.4 Å². The third-order valence-electron chi connectivity index (χ3n) is 8.41. The Kier molecular flexibility index (Phi) is 11.7. The molecule has 3 amide bonds. The first-order chi connectivity index (χ1) is 22.8. The summed E-state index contributed by atoms with van der Waals surface area (Å²) in [7, 11) is 0. The lowest BCUT2D eigenvalue weighted by atomic mass is 9.89. The lowest BCUT2D eigenvalue weighted by molar-refractivity contribution is -0.146. The van der Waals surface area contributed by atoms with E-state index in [1.54, 1.807) is 6.92 Å². The van der Waals surface area contributed by atoms with Gasteiger partial charge in [0, 0.05) is 23.4 Å². The second kappa shape index (κ2) is 15.5. The monoisotopic (exact) mass is 684 g/mol. The summed E-state index contributed by atoms with van der Waals surface area (Å²) in [5.41, 5.74) is -0.00217. The van der Waals surface area contributed by atoms with E-state index in [2.05, 4.69) is 15.3 Å². The van der Waals surface area contributed by atoms with Crippen LogP contribution < -0.4 is 15.0 Å². The van der Waals surface area contributed by atoms with E-state index >= 15 is 0 Å². The molecule has 0 spiro atoms. The van der Waals surface area contributed by atoms with Gasteiger partial charge in [0.1, 0.15) is 22.8 Å². The van der Waals surface area contributed by atoms with E-state index in [-0.39, 0.29) is 45.4 Å². The van der Waals surface area contributed by atoms with Gasteiger partial charge < -0.3 is 19.9 Å². The predicted octanol–water partition coefficient (Wildman–Crippen LogP) is 5.41. The largest absolute Gasteiger partial charge is 0.480 e. The summed E-state index contributed by atoms with van der Waals surface area (Å²) in [4.78, 5) is 69.5. The fraction of sp³-hybridized carbons (Fsp3) is 0.441. The SMILES string of the molecule is CC(C)C1(C)N=C(c2ncccc2C(=O)O)NC1=O.CCCCCOC(=O)COc1cc(N2C(=O)C3=C(CCCC3)C2=O)c(F)cc1Cl. The lowest BCUT2D eigenvalue weighted by Gasteiger charge is -2.21. The number of unbranched alkanes of at least 4 members (excludes halogenated alkanes) is 2. The molecule has 0 saturated heterocycles. The maximum absolute atomic E-state index is 14.5. The Labute approximate surface area is 282 Å². The van der Waals surface area contributed by atoms with Gasteiger partial charge in [-0.05, 0) is 63.1 Å². The van der Waals surface area contributed by atoms with Crippen LogP contribution in [0.4, 0.5) is 10.1 Å². The molecule has 48 heavy (non-hydrogen) atoms. The van der Waals surface area contributed by atoms with Crippen molar-refractivity contribution in [3.8, 4) is 5.75 Å². The normalized spacial score (nSPS) is 18.7. The molecule has 14 heteroatoms. The summed E-state index contributed by atoms with van der Waals surface area (Å²) >= 11 is 6.02. The van der Waals surface area contributed by atoms with Crippen molar-refractivity contribution in [3.05, 3.63) is 63.7 Å². The molecule has 0 radical (unpaired) electrons. The number of nitrogens with zero attached hydrogens (tertiary/aromatic N) is 3. The number of pyridine rings is 1. The standard InChI is InChI=1S/C21H23ClFNO5.C13H15N3O3/c1-2-3-6-9-28-19(25)12-29-18-11-17(16(23)10-15(18)22)24-20(26)13-7-4-5-8-14(13)21(24)27;1-7(2)13(3)12(19)15-10(16-13)9-8(11(17)18)5-4-6-14-9/h10-11H,2-9,12H2,1H3;4-7H,1-3H3,(H,17,18)(H,15,16,19). The van der Waals surface area contributed by atoms with Crippen LogP contribution >= 0.6 is 11.6 Å². The second-order valence-electron chi connectivity index (χ2n) is 12.0. The Morgan fingerprint density at radius 2 is 1.79 bits per heavy atom. The number of rotatable bonds is 11. The van der Waals surface area contributed by atoms with Gasteiger partial charge in [0.15, 0.2) is 12.4 Å². The Morgan fingerprint density at radius 1 is 1.12 bits per heavy atom. The number of anilines is 1. The molecule has 1 atom stereocenters. The lowest BCUT2D eigenvalue weighted by Crippen LogP contribution is -2.41. The van der Waals surface area contributed by atoms with Crippen molar-refractivity contribution in [1.82, 2.24) is 10.3 Å². The molecule has 256 valence electrons. The van der Waals surface area contributed by atoms with Crippen LogP contribution in [0, 0.1) is 11.7 Å². The van der Waals surface area contributed by atoms with Crippen molar-refractivity contribution in [3.63, 3.8) is 0 Å². The molecule has 1 unspecified atom stereocenters. The number of carboxylic acid groups (broad SMARTS) is 1. The van der Waals surface area contributed by atoms with E-state index in [1.165, 1.54) is 24.4 Å². The Morgan fingerprint density at radius 3 is 2.38 bits per heavy atom. The minimum atomic E-state index is -1.10. The van der Waals surface area contributed by atoms with Crippen molar-refractivity contribution in [2.24, 2.45) is 10.9 Å². The number of aromatic carboxylic acids is 1. The van der Waals surface area contributed by atoms with Crippen molar-refractivity contribution in [2.75, 3.05) is 18.1 Å². The molecule has 2 aromatic rings. The minimum absolute atomic E-state index is 0.000883. The van der Waals surface area contributed by atoms with Crippen molar-refractivity contribution in [2.45, 2.75) is 78.2 Å². The van der Waals surface area contributed by atoms with Crippen LogP contribution in [0.3, 0.4) is 0 Å². The first-order valence-corrected chi connectivity index (χ1v) is 16.2. The molecule has 0 fully saturated rings. The number of nitrogens with one attached hydrogen (secondary N) is 1. The fourth-order valence-electron chi connectivity index (χ4n) is 5.29. The summed E-state index contributed by atoms with van der Waals surface area (Å²) in [5.74, 6) is -3.52. The molecule has 2 N–H and O–H groups in total. The topological polar surface area (TPSA) is 165 Å². The number of amides is 3. The molecular formula is C34H38ClFN4O8. The highest BCUT2D eigenvalue weighted by atomic mass is 35.5.